The Hall–Kier alpha value is -2.02. The molecule has 2 heteroatoms. The van der Waals surface area contributed by atoms with Gasteiger partial charge in [-0.15, -0.1) is 0 Å². The number of fused-ring (bicyclic) bond motifs is 3. The van der Waals surface area contributed by atoms with Crippen molar-refractivity contribution in [3.05, 3.63) is 72.8 Å². The van der Waals surface area contributed by atoms with E-state index in [1.807, 2.05) is 0 Å². The SMILES string of the molecule is [SeH]c1cccc2c1c1ccccc1n2-c1ccccc1. The number of para-hydroxylation sites is 2. The molecule has 0 fully saturated rings. The number of benzene rings is 3. The van der Waals surface area contributed by atoms with Gasteiger partial charge in [0.2, 0.25) is 0 Å². The van der Waals surface area contributed by atoms with Crippen molar-refractivity contribution in [3.8, 4) is 5.69 Å². The fraction of sp³-hybridized carbons (Fsp3) is 0. The molecule has 0 aliphatic heterocycles. The zero-order valence-electron chi connectivity index (χ0n) is 10.8. The molecule has 3 aromatic carbocycles. The summed E-state index contributed by atoms with van der Waals surface area (Å²) in [5.41, 5.74) is 3.72. The summed E-state index contributed by atoms with van der Waals surface area (Å²) in [7, 11) is 0. The van der Waals surface area contributed by atoms with Crippen molar-refractivity contribution < 1.29 is 0 Å². The Labute approximate surface area is 125 Å². The molecule has 4 rings (SSSR count). The first-order valence-electron chi connectivity index (χ1n) is 6.63. The summed E-state index contributed by atoms with van der Waals surface area (Å²) in [5, 5.41) is 2.63. The third-order valence-electron chi connectivity index (χ3n) is 3.69. The van der Waals surface area contributed by atoms with Gasteiger partial charge in [0.25, 0.3) is 0 Å². The molecular weight excluding hydrogens is 309 g/mol. The average Bonchev–Trinajstić information content (AvgIpc) is 2.84. The predicted octanol–water partition coefficient (Wildman–Crippen LogP) is 3.31. The number of aromatic nitrogens is 1. The quantitative estimate of drug-likeness (QED) is 0.474. The molecular formula is C18H13NSe. The summed E-state index contributed by atoms with van der Waals surface area (Å²) < 4.78 is 3.60. The van der Waals surface area contributed by atoms with Gasteiger partial charge in [-0.2, -0.15) is 0 Å². The van der Waals surface area contributed by atoms with Gasteiger partial charge in [0.15, 0.2) is 0 Å². The Morgan fingerprint density at radius 1 is 0.650 bits per heavy atom. The zero-order valence-corrected chi connectivity index (χ0v) is 12.7. The minimum absolute atomic E-state index is 1.21. The van der Waals surface area contributed by atoms with E-state index in [0.29, 0.717) is 0 Å². The van der Waals surface area contributed by atoms with Crippen molar-refractivity contribution in [1.29, 1.82) is 0 Å². The first-order valence-corrected chi connectivity index (χ1v) is 7.56. The van der Waals surface area contributed by atoms with Crippen LogP contribution in [0.1, 0.15) is 0 Å². The van der Waals surface area contributed by atoms with Crippen molar-refractivity contribution in [2.45, 2.75) is 0 Å². The normalized spacial score (nSPS) is 11.2. The Balaban J connectivity index is 2.26. The molecule has 4 aromatic rings. The molecule has 1 aromatic heterocycles. The van der Waals surface area contributed by atoms with E-state index in [0.717, 1.165) is 0 Å². The molecule has 0 amide bonds. The van der Waals surface area contributed by atoms with Crippen LogP contribution in [0.5, 0.6) is 0 Å². The standard InChI is InChI=1S/C18H13NSe/c20-17-12-6-11-16-18(17)14-9-4-5-10-15(14)19(16)13-7-2-1-3-8-13/h1-12,20H. The van der Waals surface area contributed by atoms with Crippen LogP contribution in [0.4, 0.5) is 0 Å². The van der Waals surface area contributed by atoms with E-state index in [-0.39, 0.29) is 0 Å². The van der Waals surface area contributed by atoms with Gasteiger partial charge in [-0.05, 0) is 0 Å². The van der Waals surface area contributed by atoms with Crippen LogP contribution in [0.3, 0.4) is 0 Å². The number of hydrogen-bond donors (Lipinski definition) is 0. The number of nitrogens with zero attached hydrogens (tertiary/aromatic N) is 1. The Morgan fingerprint density at radius 3 is 2.20 bits per heavy atom. The van der Waals surface area contributed by atoms with Crippen LogP contribution >= 0.6 is 0 Å². The molecule has 0 saturated carbocycles. The average molecular weight is 322 g/mol. The maximum absolute atomic E-state index is 2.69. The molecule has 0 bridgehead atoms. The maximum atomic E-state index is 2.69. The third kappa shape index (κ3) is 1.62. The van der Waals surface area contributed by atoms with E-state index < -0.39 is 0 Å². The summed E-state index contributed by atoms with van der Waals surface area (Å²) in [6, 6.07) is 25.6. The van der Waals surface area contributed by atoms with Gasteiger partial charge < -0.3 is 0 Å². The van der Waals surface area contributed by atoms with Crippen LogP contribution in [0.2, 0.25) is 0 Å². The minimum atomic E-state index is 1.21. The molecule has 0 aliphatic rings. The molecule has 0 N–H and O–H groups in total. The van der Waals surface area contributed by atoms with Gasteiger partial charge in [-0.1, -0.05) is 0 Å². The second-order valence-electron chi connectivity index (χ2n) is 4.86. The van der Waals surface area contributed by atoms with Crippen molar-refractivity contribution in [3.63, 3.8) is 0 Å². The molecule has 0 atom stereocenters. The van der Waals surface area contributed by atoms with Gasteiger partial charge >= 0.3 is 125 Å². The summed E-state index contributed by atoms with van der Waals surface area (Å²) in [4.78, 5) is 0. The molecule has 1 nitrogen and oxygen atoms in total. The molecule has 20 heavy (non-hydrogen) atoms. The number of hydrogen-bond acceptors (Lipinski definition) is 0. The molecule has 0 aliphatic carbocycles. The molecule has 1 heterocycles. The van der Waals surface area contributed by atoms with E-state index >= 15 is 0 Å². The summed E-state index contributed by atoms with van der Waals surface area (Å²) in [6.07, 6.45) is 0. The molecule has 0 radical (unpaired) electrons. The molecule has 0 unspecified atom stereocenters. The van der Waals surface area contributed by atoms with Crippen LogP contribution in [0.15, 0.2) is 72.8 Å². The third-order valence-corrected chi connectivity index (χ3v) is 4.47. The predicted molar refractivity (Wildman–Crippen MR) is 87.6 cm³/mol. The molecule has 0 saturated heterocycles. The van der Waals surface area contributed by atoms with Gasteiger partial charge in [0, 0.05) is 0 Å². The van der Waals surface area contributed by atoms with E-state index in [1.54, 1.807) is 0 Å². The van der Waals surface area contributed by atoms with Crippen LogP contribution in [-0.4, -0.2) is 20.6 Å². The van der Waals surface area contributed by atoms with Crippen molar-refractivity contribution >= 4 is 42.3 Å². The topological polar surface area (TPSA) is 4.93 Å². The van der Waals surface area contributed by atoms with Crippen LogP contribution < -0.4 is 4.46 Å². The zero-order chi connectivity index (χ0) is 13.5. The van der Waals surface area contributed by atoms with Crippen LogP contribution in [-0.2, 0) is 0 Å². The summed E-state index contributed by atoms with van der Waals surface area (Å²) in [6.45, 7) is 0. The second-order valence-corrected chi connectivity index (χ2v) is 5.87. The van der Waals surface area contributed by atoms with Crippen molar-refractivity contribution in [2.24, 2.45) is 0 Å². The summed E-state index contributed by atoms with van der Waals surface area (Å²) in [5.74, 6) is 0. The fourth-order valence-corrected chi connectivity index (χ4v) is 3.53. The molecule has 96 valence electrons. The van der Waals surface area contributed by atoms with E-state index in [4.69, 9.17) is 0 Å². The Bertz CT molecular complexity index is 907. The van der Waals surface area contributed by atoms with Gasteiger partial charge in [0.1, 0.15) is 0 Å². The van der Waals surface area contributed by atoms with Gasteiger partial charge in [-0.25, -0.2) is 0 Å². The van der Waals surface area contributed by atoms with E-state index in [9.17, 15) is 0 Å². The monoisotopic (exact) mass is 323 g/mol. The Kier molecular flexibility index (Phi) is 2.66. The second kappa shape index (κ2) is 4.52. The van der Waals surface area contributed by atoms with Crippen molar-refractivity contribution in [1.82, 2.24) is 4.57 Å². The molecule has 0 spiro atoms. The Morgan fingerprint density at radius 2 is 1.35 bits per heavy atom. The van der Waals surface area contributed by atoms with Crippen molar-refractivity contribution in [2.75, 3.05) is 0 Å². The first kappa shape index (κ1) is 11.8. The van der Waals surface area contributed by atoms with Crippen LogP contribution in [0, 0.1) is 0 Å². The van der Waals surface area contributed by atoms with Crippen LogP contribution in [0.25, 0.3) is 27.5 Å². The van der Waals surface area contributed by atoms with E-state index in [2.05, 4.69) is 93.4 Å². The number of rotatable bonds is 1. The van der Waals surface area contributed by atoms with Gasteiger partial charge in [0.05, 0.1) is 0 Å². The summed E-state index contributed by atoms with van der Waals surface area (Å²) >= 11 is 2.69. The first-order chi connectivity index (χ1) is 9.86. The fourth-order valence-electron chi connectivity index (χ4n) is 2.86. The van der Waals surface area contributed by atoms with E-state index in [1.165, 1.54) is 32.0 Å². The van der Waals surface area contributed by atoms with Gasteiger partial charge in [-0.3, -0.25) is 0 Å².